The molecule has 3 unspecified atom stereocenters. The van der Waals surface area contributed by atoms with Gasteiger partial charge >= 0.3 is 11.9 Å². The Morgan fingerprint density at radius 3 is 2.93 bits per heavy atom. The Balaban J connectivity index is 1.97. The van der Waals surface area contributed by atoms with E-state index in [1.165, 1.54) is 0 Å². The van der Waals surface area contributed by atoms with E-state index in [4.69, 9.17) is 14.2 Å². The number of carbonyl (C=O) groups excluding carboxylic acids is 2. The zero-order chi connectivity index (χ0) is 9.76. The van der Waals surface area contributed by atoms with Crippen LogP contribution in [0.25, 0.3) is 0 Å². The third kappa shape index (κ3) is 0.829. The SMILES string of the molecule is O=C1CCC2(O1)C(=O)OC1CCOC12. The first-order valence-corrected chi connectivity index (χ1v) is 4.77. The van der Waals surface area contributed by atoms with Gasteiger partial charge in [0.05, 0.1) is 13.0 Å². The predicted molar refractivity (Wildman–Crippen MR) is 42.3 cm³/mol. The summed E-state index contributed by atoms with van der Waals surface area (Å²) in [5.74, 6) is -0.767. The first kappa shape index (κ1) is 8.23. The molecule has 0 amide bonds. The van der Waals surface area contributed by atoms with Crippen molar-refractivity contribution in [3.8, 4) is 0 Å². The molecule has 0 N–H and O–H groups in total. The van der Waals surface area contributed by atoms with Gasteiger partial charge < -0.3 is 14.2 Å². The van der Waals surface area contributed by atoms with Gasteiger partial charge in [-0.1, -0.05) is 0 Å². The van der Waals surface area contributed by atoms with Crippen LogP contribution in [0.3, 0.4) is 0 Å². The molecule has 0 aromatic carbocycles. The normalized spacial score (nSPS) is 45.4. The molecule has 1 spiro atoms. The summed E-state index contributed by atoms with van der Waals surface area (Å²) < 4.78 is 15.6. The summed E-state index contributed by atoms with van der Waals surface area (Å²) in [5.41, 5.74) is -1.11. The zero-order valence-corrected chi connectivity index (χ0v) is 7.52. The molecule has 0 aromatic rings. The van der Waals surface area contributed by atoms with Gasteiger partial charge in [-0.2, -0.15) is 0 Å². The molecule has 5 heteroatoms. The maximum Gasteiger partial charge on any atom is 0.353 e. The Bertz CT molecular complexity index is 312. The van der Waals surface area contributed by atoms with Crippen LogP contribution in [0.15, 0.2) is 0 Å². The maximum absolute atomic E-state index is 11.6. The van der Waals surface area contributed by atoms with Gasteiger partial charge in [0.15, 0.2) is 0 Å². The molecule has 3 aliphatic rings. The molecule has 76 valence electrons. The molecule has 3 aliphatic heterocycles. The number of hydrogen-bond donors (Lipinski definition) is 0. The minimum atomic E-state index is -1.11. The van der Waals surface area contributed by atoms with Gasteiger partial charge in [-0.05, 0) is 0 Å². The summed E-state index contributed by atoms with van der Waals surface area (Å²) >= 11 is 0. The molecule has 0 radical (unpaired) electrons. The van der Waals surface area contributed by atoms with E-state index in [-0.39, 0.29) is 24.6 Å². The fourth-order valence-electron chi connectivity index (χ4n) is 2.42. The molecule has 0 bridgehead atoms. The second-order valence-corrected chi connectivity index (χ2v) is 3.89. The summed E-state index contributed by atoms with van der Waals surface area (Å²) in [6.07, 6.45) is 0.790. The molecular weight excluding hydrogens is 188 g/mol. The molecule has 5 nitrogen and oxygen atoms in total. The molecule has 3 fully saturated rings. The van der Waals surface area contributed by atoms with Crippen molar-refractivity contribution in [2.24, 2.45) is 0 Å². The standard InChI is InChI=1S/C9H10O5/c10-6-1-3-9(14-6)7-5(2-4-12-7)13-8(9)11/h5,7H,1-4H2. The number of carbonyl (C=O) groups is 2. The topological polar surface area (TPSA) is 61.8 Å². The highest BCUT2D eigenvalue weighted by molar-refractivity contribution is 5.89. The van der Waals surface area contributed by atoms with Crippen LogP contribution in [-0.4, -0.2) is 36.4 Å². The number of esters is 2. The van der Waals surface area contributed by atoms with E-state index < -0.39 is 11.6 Å². The fourth-order valence-corrected chi connectivity index (χ4v) is 2.42. The Morgan fingerprint density at radius 1 is 1.36 bits per heavy atom. The van der Waals surface area contributed by atoms with Crippen molar-refractivity contribution >= 4 is 11.9 Å². The van der Waals surface area contributed by atoms with Gasteiger partial charge in [-0.25, -0.2) is 4.79 Å². The smallest absolute Gasteiger partial charge is 0.353 e. The first-order valence-electron chi connectivity index (χ1n) is 4.77. The largest absolute Gasteiger partial charge is 0.456 e. The molecular formula is C9H10O5. The summed E-state index contributed by atoms with van der Waals surface area (Å²) in [4.78, 5) is 22.6. The molecule has 3 saturated heterocycles. The van der Waals surface area contributed by atoms with Crippen LogP contribution in [0.1, 0.15) is 19.3 Å². The highest BCUT2D eigenvalue weighted by atomic mass is 16.7. The second kappa shape index (κ2) is 2.48. The van der Waals surface area contributed by atoms with Crippen molar-refractivity contribution in [3.63, 3.8) is 0 Å². The Labute approximate surface area is 80.3 Å². The van der Waals surface area contributed by atoms with E-state index in [9.17, 15) is 9.59 Å². The van der Waals surface area contributed by atoms with Crippen LogP contribution < -0.4 is 0 Å². The van der Waals surface area contributed by atoms with Gasteiger partial charge in [0.25, 0.3) is 0 Å². The highest BCUT2D eigenvalue weighted by Crippen LogP contribution is 2.43. The summed E-state index contributed by atoms with van der Waals surface area (Å²) in [7, 11) is 0. The quantitative estimate of drug-likeness (QED) is 0.503. The van der Waals surface area contributed by atoms with Gasteiger partial charge in [0, 0.05) is 12.8 Å². The van der Waals surface area contributed by atoms with E-state index in [1.807, 2.05) is 0 Å². The lowest BCUT2D eigenvalue weighted by Crippen LogP contribution is -2.45. The summed E-state index contributed by atoms with van der Waals surface area (Å²) in [6.45, 7) is 0.571. The van der Waals surface area contributed by atoms with Crippen LogP contribution in [-0.2, 0) is 23.8 Å². The Morgan fingerprint density at radius 2 is 2.21 bits per heavy atom. The first-order chi connectivity index (χ1) is 6.72. The van der Waals surface area contributed by atoms with Crippen LogP contribution in [0.4, 0.5) is 0 Å². The molecule has 0 saturated carbocycles. The minimum Gasteiger partial charge on any atom is -0.456 e. The number of rotatable bonds is 0. The average molecular weight is 198 g/mol. The number of ether oxygens (including phenoxy) is 3. The fraction of sp³-hybridized carbons (Fsp3) is 0.778. The molecule has 3 heterocycles. The van der Waals surface area contributed by atoms with Crippen LogP contribution >= 0.6 is 0 Å². The minimum absolute atomic E-state index is 0.214. The summed E-state index contributed by atoms with van der Waals surface area (Å²) in [5, 5.41) is 0. The third-order valence-corrected chi connectivity index (χ3v) is 3.10. The van der Waals surface area contributed by atoms with E-state index in [2.05, 4.69) is 0 Å². The van der Waals surface area contributed by atoms with Crippen LogP contribution in [0.2, 0.25) is 0 Å². The van der Waals surface area contributed by atoms with Crippen molar-refractivity contribution in [1.82, 2.24) is 0 Å². The molecule has 0 aromatic heterocycles. The van der Waals surface area contributed by atoms with Crippen molar-refractivity contribution in [2.45, 2.75) is 37.1 Å². The predicted octanol–water partition coefficient (Wildman–Crippen LogP) is -0.224. The molecule has 0 aliphatic carbocycles. The number of hydrogen-bond acceptors (Lipinski definition) is 5. The third-order valence-electron chi connectivity index (χ3n) is 3.10. The lowest BCUT2D eigenvalue weighted by molar-refractivity contribution is -0.171. The molecule has 3 rings (SSSR count). The van der Waals surface area contributed by atoms with Gasteiger partial charge in [0.1, 0.15) is 12.2 Å². The number of fused-ring (bicyclic) bond motifs is 2. The Kier molecular flexibility index (Phi) is 1.45. The van der Waals surface area contributed by atoms with E-state index in [1.54, 1.807) is 0 Å². The van der Waals surface area contributed by atoms with Gasteiger partial charge in [-0.15, -0.1) is 0 Å². The van der Waals surface area contributed by atoms with E-state index in [0.717, 1.165) is 0 Å². The second-order valence-electron chi connectivity index (χ2n) is 3.89. The maximum atomic E-state index is 11.6. The van der Waals surface area contributed by atoms with Gasteiger partial charge in [0.2, 0.25) is 5.60 Å². The molecule has 14 heavy (non-hydrogen) atoms. The highest BCUT2D eigenvalue weighted by Gasteiger charge is 2.65. The van der Waals surface area contributed by atoms with Crippen LogP contribution in [0.5, 0.6) is 0 Å². The lowest BCUT2D eigenvalue weighted by atomic mass is 9.93. The lowest BCUT2D eigenvalue weighted by Gasteiger charge is -2.22. The van der Waals surface area contributed by atoms with Crippen molar-refractivity contribution in [1.29, 1.82) is 0 Å². The zero-order valence-electron chi connectivity index (χ0n) is 7.52. The van der Waals surface area contributed by atoms with Crippen molar-refractivity contribution in [3.05, 3.63) is 0 Å². The van der Waals surface area contributed by atoms with Crippen molar-refractivity contribution < 1.29 is 23.8 Å². The van der Waals surface area contributed by atoms with E-state index in [0.29, 0.717) is 19.4 Å². The van der Waals surface area contributed by atoms with Crippen molar-refractivity contribution in [2.75, 3.05) is 6.61 Å². The average Bonchev–Trinajstić information content (AvgIpc) is 2.76. The van der Waals surface area contributed by atoms with E-state index >= 15 is 0 Å². The van der Waals surface area contributed by atoms with Crippen LogP contribution in [0, 0.1) is 0 Å². The summed E-state index contributed by atoms with van der Waals surface area (Å²) in [6, 6.07) is 0. The van der Waals surface area contributed by atoms with Gasteiger partial charge in [-0.3, -0.25) is 4.79 Å². The molecule has 3 atom stereocenters. The monoisotopic (exact) mass is 198 g/mol. The Hall–Kier alpha value is -1.10.